The summed E-state index contributed by atoms with van der Waals surface area (Å²) in [5.41, 5.74) is 4.32. The summed E-state index contributed by atoms with van der Waals surface area (Å²) >= 11 is 5.20. The van der Waals surface area contributed by atoms with Crippen LogP contribution in [0.1, 0.15) is 29.1 Å². The molecular formula is C13H15BrN2S. The van der Waals surface area contributed by atoms with Crippen LogP contribution < -0.4 is 5.32 Å². The number of nitrogens with zero attached hydrogens (tertiary/aromatic N) is 1. The summed E-state index contributed by atoms with van der Waals surface area (Å²) in [7, 11) is 0. The Labute approximate surface area is 114 Å². The largest absolute Gasteiger partial charge is 0.305 e. The smallest absolute Gasteiger partial charge is 0.0798 e. The Hall–Kier alpha value is -0.710. The molecule has 1 heterocycles. The molecule has 1 N–H and O–H groups in total. The molecule has 0 spiro atoms. The third kappa shape index (κ3) is 3.37. The highest BCUT2D eigenvalue weighted by molar-refractivity contribution is 9.10. The average Bonchev–Trinajstić information content (AvgIpc) is 2.72. The molecular weight excluding hydrogens is 296 g/mol. The van der Waals surface area contributed by atoms with Gasteiger partial charge in [0.2, 0.25) is 0 Å². The second-order valence-electron chi connectivity index (χ2n) is 4.02. The Morgan fingerprint density at radius 2 is 2.29 bits per heavy atom. The van der Waals surface area contributed by atoms with Gasteiger partial charge in [-0.15, -0.1) is 11.3 Å². The van der Waals surface area contributed by atoms with Crippen molar-refractivity contribution < 1.29 is 0 Å². The highest BCUT2D eigenvalue weighted by Gasteiger charge is 2.07. The van der Waals surface area contributed by atoms with Crippen LogP contribution in [-0.4, -0.2) is 4.98 Å². The molecule has 0 saturated heterocycles. The number of aromatic nitrogens is 1. The predicted molar refractivity (Wildman–Crippen MR) is 76.2 cm³/mol. The highest BCUT2D eigenvalue weighted by atomic mass is 79.9. The molecule has 0 radical (unpaired) electrons. The number of benzene rings is 1. The van der Waals surface area contributed by atoms with Crippen LogP contribution in [0, 0.1) is 6.92 Å². The lowest BCUT2D eigenvalue weighted by Crippen LogP contribution is -2.17. The summed E-state index contributed by atoms with van der Waals surface area (Å²) in [5, 5.41) is 3.52. The van der Waals surface area contributed by atoms with Crippen molar-refractivity contribution in [2.24, 2.45) is 0 Å². The van der Waals surface area contributed by atoms with Gasteiger partial charge in [0.1, 0.15) is 0 Å². The predicted octanol–water partition coefficient (Wildman–Crippen LogP) is 4.06. The first-order chi connectivity index (χ1) is 8.16. The van der Waals surface area contributed by atoms with E-state index in [-0.39, 0.29) is 0 Å². The third-order valence-electron chi connectivity index (χ3n) is 2.76. The van der Waals surface area contributed by atoms with Crippen LogP contribution in [0.25, 0.3) is 0 Å². The Bertz CT molecular complexity index is 496. The van der Waals surface area contributed by atoms with Gasteiger partial charge in [-0.25, -0.2) is 4.98 Å². The molecule has 0 aliphatic carbocycles. The summed E-state index contributed by atoms with van der Waals surface area (Å²) in [6, 6.07) is 8.74. The topological polar surface area (TPSA) is 24.9 Å². The van der Waals surface area contributed by atoms with Crippen LogP contribution in [0.5, 0.6) is 0 Å². The minimum atomic E-state index is 0.342. The monoisotopic (exact) mass is 310 g/mol. The zero-order chi connectivity index (χ0) is 12.3. The Morgan fingerprint density at radius 1 is 1.47 bits per heavy atom. The van der Waals surface area contributed by atoms with Gasteiger partial charge in [0, 0.05) is 21.9 Å². The normalized spacial score (nSPS) is 12.6. The van der Waals surface area contributed by atoms with E-state index < -0.39 is 0 Å². The number of rotatable bonds is 4. The molecule has 2 aromatic rings. The Balaban J connectivity index is 1.98. The van der Waals surface area contributed by atoms with E-state index in [1.165, 1.54) is 10.4 Å². The quantitative estimate of drug-likeness (QED) is 0.921. The maximum atomic E-state index is 4.25. The molecule has 2 nitrogen and oxygen atoms in total. The van der Waals surface area contributed by atoms with Gasteiger partial charge in [0.05, 0.1) is 11.2 Å². The molecule has 1 atom stereocenters. The molecule has 90 valence electrons. The van der Waals surface area contributed by atoms with Gasteiger partial charge in [-0.3, -0.25) is 0 Å². The molecule has 0 aliphatic rings. The molecule has 1 aromatic heterocycles. The van der Waals surface area contributed by atoms with E-state index in [0.29, 0.717) is 6.04 Å². The summed E-state index contributed by atoms with van der Waals surface area (Å²) in [5.74, 6) is 0. The van der Waals surface area contributed by atoms with E-state index in [0.717, 1.165) is 16.7 Å². The fourth-order valence-corrected chi connectivity index (χ4v) is 2.78. The summed E-state index contributed by atoms with van der Waals surface area (Å²) in [6.45, 7) is 5.11. The third-order valence-corrected chi connectivity index (χ3v) is 4.19. The van der Waals surface area contributed by atoms with Gasteiger partial charge < -0.3 is 5.32 Å². The first kappa shape index (κ1) is 12.7. The molecule has 0 saturated carbocycles. The molecule has 0 aliphatic heterocycles. The number of hydrogen-bond donors (Lipinski definition) is 1. The summed E-state index contributed by atoms with van der Waals surface area (Å²) < 4.78 is 1.12. The van der Waals surface area contributed by atoms with Gasteiger partial charge in [0.25, 0.3) is 0 Å². The average molecular weight is 311 g/mol. The van der Waals surface area contributed by atoms with E-state index in [9.17, 15) is 0 Å². The Morgan fingerprint density at radius 3 is 2.94 bits per heavy atom. The SMILES string of the molecule is Cc1ncsc1CNC(C)c1cccc(Br)c1. The lowest BCUT2D eigenvalue weighted by Gasteiger charge is -2.14. The zero-order valence-electron chi connectivity index (χ0n) is 9.90. The van der Waals surface area contributed by atoms with Crippen molar-refractivity contribution in [2.75, 3.05) is 0 Å². The van der Waals surface area contributed by atoms with Crippen molar-refractivity contribution in [1.82, 2.24) is 10.3 Å². The van der Waals surface area contributed by atoms with Crippen molar-refractivity contribution in [2.45, 2.75) is 26.4 Å². The van der Waals surface area contributed by atoms with Crippen molar-refractivity contribution in [3.05, 3.63) is 50.4 Å². The van der Waals surface area contributed by atoms with Crippen LogP contribution in [0.2, 0.25) is 0 Å². The molecule has 1 unspecified atom stereocenters. The van der Waals surface area contributed by atoms with E-state index >= 15 is 0 Å². The van der Waals surface area contributed by atoms with E-state index in [2.05, 4.69) is 58.3 Å². The van der Waals surface area contributed by atoms with Gasteiger partial charge in [-0.2, -0.15) is 0 Å². The van der Waals surface area contributed by atoms with E-state index in [1.807, 2.05) is 11.6 Å². The van der Waals surface area contributed by atoms with Crippen LogP contribution in [0.4, 0.5) is 0 Å². The van der Waals surface area contributed by atoms with Gasteiger partial charge >= 0.3 is 0 Å². The lowest BCUT2D eigenvalue weighted by molar-refractivity contribution is 0.577. The van der Waals surface area contributed by atoms with Gasteiger partial charge in [-0.1, -0.05) is 28.1 Å². The fourth-order valence-electron chi connectivity index (χ4n) is 1.64. The number of nitrogens with one attached hydrogen (secondary N) is 1. The highest BCUT2D eigenvalue weighted by Crippen LogP contribution is 2.19. The summed E-state index contributed by atoms with van der Waals surface area (Å²) in [6.07, 6.45) is 0. The number of hydrogen-bond acceptors (Lipinski definition) is 3. The summed E-state index contributed by atoms with van der Waals surface area (Å²) in [4.78, 5) is 5.56. The second-order valence-corrected chi connectivity index (χ2v) is 5.87. The van der Waals surface area contributed by atoms with E-state index in [4.69, 9.17) is 0 Å². The van der Waals surface area contributed by atoms with Crippen molar-refractivity contribution >= 4 is 27.3 Å². The second kappa shape index (κ2) is 5.76. The molecule has 17 heavy (non-hydrogen) atoms. The lowest BCUT2D eigenvalue weighted by atomic mass is 10.1. The molecule has 2 rings (SSSR count). The van der Waals surface area contributed by atoms with E-state index in [1.54, 1.807) is 11.3 Å². The molecule has 4 heteroatoms. The maximum Gasteiger partial charge on any atom is 0.0798 e. The van der Waals surface area contributed by atoms with Crippen molar-refractivity contribution in [1.29, 1.82) is 0 Å². The number of halogens is 1. The molecule has 0 bridgehead atoms. The first-order valence-electron chi connectivity index (χ1n) is 5.54. The standard InChI is InChI=1S/C13H15BrN2S/c1-9(11-4-3-5-12(14)6-11)15-7-13-10(2)16-8-17-13/h3-6,8-9,15H,7H2,1-2H3. The van der Waals surface area contributed by atoms with Gasteiger partial charge in [0.15, 0.2) is 0 Å². The van der Waals surface area contributed by atoms with Crippen LogP contribution in [0.15, 0.2) is 34.2 Å². The van der Waals surface area contributed by atoms with Crippen molar-refractivity contribution in [3.63, 3.8) is 0 Å². The van der Waals surface area contributed by atoms with Crippen LogP contribution >= 0.6 is 27.3 Å². The van der Waals surface area contributed by atoms with Crippen LogP contribution in [-0.2, 0) is 6.54 Å². The fraction of sp³-hybridized carbons (Fsp3) is 0.308. The van der Waals surface area contributed by atoms with Gasteiger partial charge in [-0.05, 0) is 31.5 Å². The number of thiazole rings is 1. The Kier molecular flexibility index (Phi) is 4.31. The molecule has 0 fully saturated rings. The first-order valence-corrected chi connectivity index (χ1v) is 7.22. The minimum absolute atomic E-state index is 0.342. The number of aryl methyl sites for hydroxylation is 1. The van der Waals surface area contributed by atoms with Crippen LogP contribution in [0.3, 0.4) is 0 Å². The maximum absolute atomic E-state index is 4.25. The van der Waals surface area contributed by atoms with Crippen molar-refractivity contribution in [3.8, 4) is 0 Å². The zero-order valence-corrected chi connectivity index (χ0v) is 12.3. The molecule has 0 amide bonds. The minimum Gasteiger partial charge on any atom is -0.305 e. The molecule has 1 aromatic carbocycles.